The molecule has 214 valence electrons. The van der Waals surface area contributed by atoms with Crippen LogP contribution in [0.5, 0.6) is 0 Å². The van der Waals surface area contributed by atoms with Crippen molar-refractivity contribution in [3.8, 4) is 0 Å². The summed E-state index contributed by atoms with van der Waals surface area (Å²) in [5, 5.41) is 17.9. The van der Waals surface area contributed by atoms with Gasteiger partial charge in [-0.3, -0.25) is 24.2 Å². The molecule has 1 saturated heterocycles. The summed E-state index contributed by atoms with van der Waals surface area (Å²) in [4.78, 5) is 52.4. The molecule has 39 heavy (non-hydrogen) atoms. The monoisotopic (exact) mass is 540 g/mol. The van der Waals surface area contributed by atoms with Crippen LogP contribution in [-0.2, 0) is 19.2 Å². The summed E-state index contributed by atoms with van der Waals surface area (Å²) in [5.41, 5.74) is 4.97. The van der Waals surface area contributed by atoms with Crippen LogP contribution >= 0.6 is 0 Å². The molecule has 2 heterocycles. The van der Waals surface area contributed by atoms with E-state index >= 15 is 0 Å². The van der Waals surface area contributed by atoms with Crippen molar-refractivity contribution in [2.24, 2.45) is 17.8 Å². The predicted octanol–water partition coefficient (Wildman–Crippen LogP) is 2.90. The number of hydrogen-bond acceptors (Lipinski definition) is 6. The number of fused-ring (bicyclic) bond motifs is 4. The SMILES string of the molecule is CC(C)[C@@H]1CC(=O)[C@H](C)[C@H](O)CC/C=C/c2cccc(c2)[C@@H](C)NC(=O)[C@@H]2CCCN(N2)C(=O)[C@H](C)NC1=O. The number of allylic oxidation sites excluding steroid dienone is 1. The minimum atomic E-state index is -0.836. The first-order valence-electron chi connectivity index (χ1n) is 14.1. The van der Waals surface area contributed by atoms with Crippen LogP contribution in [0.1, 0.15) is 83.9 Å². The molecule has 0 aliphatic carbocycles. The van der Waals surface area contributed by atoms with E-state index in [9.17, 15) is 24.3 Å². The van der Waals surface area contributed by atoms with Crippen LogP contribution in [0.3, 0.4) is 0 Å². The first-order valence-corrected chi connectivity index (χ1v) is 14.1. The standard InChI is InChI=1S/C30H44N4O5/c1-18(2)24-17-27(36)19(3)26(35)14-7-6-10-22-11-8-12-23(16-22)20(4)31-29(38)25-13-9-15-34(33-25)30(39)21(5)32-28(24)37/h6,8,10-12,16,18-21,24-26,33,35H,7,9,13-15,17H2,1-5H3,(H,31,38)(H,32,37)/b10-6+/t19-,20-,21+,24+,25+,26-/m1/s1. The zero-order chi connectivity index (χ0) is 28.7. The van der Waals surface area contributed by atoms with Crippen molar-refractivity contribution >= 4 is 29.6 Å². The molecule has 0 saturated carbocycles. The smallest absolute Gasteiger partial charge is 0.258 e. The van der Waals surface area contributed by atoms with E-state index in [0.717, 1.165) is 11.1 Å². The number of amides is 3. The Bertz CT molecular complexity index is 1070. The summed E-state index contributed by atoms with van der Waals surface area (Å²) in [6.45, 7) is 9.39. The number of hydrazine groups is 1. The molecule has 0 unspecified atom stereocenters. The number of nitrogens with zero attached hydrogens (tertiary/aromatic N) is 1. The van der Waals surface area contributed by atoms with E-state index in [4.69, 9.17) is 0 Å². The van der Waals surface area contributed by atoms with Gasteiger partial charge in [0.1, 0.15) is 17.9 Å². The maximum atomic E-state index is 13.2. The molecule has 2 aliphatic heterocycles. The molecule has 4 bridgehead atoms. The lowest BCUT2D eigenvalue weighted by Crippen LogP contribution is -2.61. The Morgan fingerprint density at radius 3 is 2.41 bits per heavy atom. The molecular weight excluding hydrogens is 496 g/mol. The number of carbonyl (C=O) groups is 4. The van der Waals surface area contributed by atoms with E-state index in [1.807, 2.05) is 57.2 Å². The third-order valence-electron chi connectivity index (χ3n) is 7.85. The zero-order valence-electron chi connectivity index (χ0n) is 23.8. The summed E-state index contributed by atoms with van der Waals surface area (Å²) >= 11 is 0. The number of nitrogens with one attached hydrogen (secondary N) is 3. The van der Waals surface area contributed by atoms with Crippen molar-refractivity contribution in [1.29, 1.82) is 0 Å². The summed E-state index contributed by atoms with van der Waals surface area (Å²) in [7, 11) is 0. The van der Waals surface area contributed by atoms with Gasteiger partial charge in [0.2, 0.25) is 11.8 Å². The molecule has 0 aromatic heterocycles. The normalized spacial score (nSPS) is 31.1. The van der Waals surface area contributed by atoms with Gasteiger partial charge in [-0.25, -0.2) is 5.43 Å². The van der Waals surface area contributed by atoms with Crippen LogP contribution in [0, 0.1) is 17.8 Å². The van der Waals surface area contributed by atoms with Crippen molar-refractivity contribution in [2.75, 3.05) is 6.54 Å². The highest BCUT2D eigenvalue weighted by Crippen LogP contribution is 2.22. The average Bonchev–Trinajstić information content (AvgIpc) is 2.92. The minimum Gasteiger partial charge on any atom is -0.392 e. The average molecular weight is 541 g/mol. The Kier molecular flexibility index (Phi) is 10.8. The quantitative estimate of drug-likeness (QED) is 0.434. The van der Waals surface area contributed by atoms with Crippen molar-refractivity contribution in [2.45, 2.75) is 91.0 Å². The Labute approximate surface area is 231 Å². The molecule has 6 atom stereocenters. The van der Waals surface area contributed by atoms with Gasteiger partial charge in [0, 0.05) is 24.8 Å². The zero-order valence-corrected chi connectivity index (χ0v) is 23.8. The van der Waals surface area contributed by atoms with Crippen molar-refractivity contribution in [1.82, 2.24) is 21.1 Å². The van der Waals surface area contributed by atoms with Crippen molar-refractivity contribution in [3.05, 3.63) is 41.5 Å². The molecule has 1 aromatic carbocycles. The van der Waals surface area contributed by atoms with Gasteiger partial charge in [-0.15, -0.1) is 0 Å². The van der Waals surface area contributed by atoms with E-state index in [0.29, 0.717) is 32.2 Å². The van der Waals surface area contributed by atoms with Crippen molar-refractivity contribution in [3.63, 3.8) is 0 Å². The highest BCUT2D eigenvalue weighted by molar-refractivity contribution is 5.92. The molecule has 2 aliphatic rings. The Balaban J connectivity index is 1.85. The van der Waals surface area contributed by atoms with Crippen LogP contribution < -0.4 is 16.1 Å². The van der Waals surface area contributed by atoms with Gasteiger partial charge in [0.05, 0.1) is 12.1 Å². The molecule has 4 N–H and O–H groups in total. The van der Waals surface area contributed by atoms with E-state index in [2.05, 4.69) is 16.1 Å². The van der Waals surface area contributed by atoms with Crippen LogP contribution in [-0.4, -0.2) is 58.4 Å². The van der Waals surface area contributed by atoms with E-state index in [-0.39, 0.29) is 41.9 Å². The molecule has 1 fully saturated rings. The molecule has 0 radical (unpaired) electrons. The molecule has 1 aromatic rings. The molecule has 9 heteroatoms. The fraction of sp³-hybridized carbons (Fsp3) is 0.600. The molecule has 3 amide bonds. The second-order valence-electron chi connectivity index (χ2n) is 11.3. The van der Waals surface area contributed by atoms with E-state index in [1.54, 1.807) is 13.8 Å². The molecular formula is C30H44N4O5. The number of aliphatic hydroxyl groups is 1. The highest BCUT2D eigenvalue weighted by Gasteiger charge is 2.34. The predicted molar refractivity (Wildman–Crippen MR) is 150 cm³/mol. The summed E-state index contributed by atoms with van der Waals surface area (Å²) in [6.07, 6.45) is 5.36. The Morgan fingerprint density at radius 1 is 0.974 bits per heavy atom. The third-order valence-corrected chi connectivity index (χ3v) is 7.85. The fourth-order valence-electron chi connectivity index (χ4n) is 5.06. The van der Waals surface area contributed by atoms with Gasteiger partial charge in [-0.2, -0.15) is 0 Å². The summed E-state index contributed by atoms with van der Waals surface area (Å²) < 4.78 is 0. The minimum absolute atomic E-state index is 0.00629. The van der Waals surface area contributed by atoms with E-state index in [1.165, 1.54) is 5.01 Å². The van der Waals surface area contributed by atoms with Gasteiger partial charge in [-0.05, 0) is 62.6 Å². The van der Waals surface area contributed by atoms with E-state index < -0.39 is 30.0 Å². The number of carbonyl (C=O) groups excluding carboxylic acids is 4. The van der Waals surface area contributed by atoms with Gasteiger partial charge in [-0.1, -0.05) is 51.1 Å². The van der Waals surface area contributed by atoms with Gasteiger partial charge < -0.3 is 15.7 Å². The van der Waals surface area contributed by atoms with Crippen molar-refractivity contribution < 1.29 is 24.3 Å². The Hall–Kier alpha value is -3.04. The van der Waals surface area contributed by atoms with Gasteiger partial charge >= 0.3 is 0 Å². The molecule has 9 nitrogen and oxygen atoms in total. The van der Waals surface area contributed by atoms with Crippen LogP contribution in [0.4, 0.5) is 0 Å². The Morgan fingerprint density at radius 2 is 1.69 bits per heavy atom. The van der Waals surface area contributed by atoms with Crippen LogP contribution in [0.25, 0.3) is 6.08 Å². The maximum absolute atomic E-state index is 13.2. The molecule has 0 spiro atoms. The first kappa shape index (κ1) is 30.5. The number of aliphatic hydroxyl groups excluding tert-OH is 1. The maximum Gasteiger partial charge on any atom is 0.258 e. The lowest BCUT2D eigenvalue weighted by Gasteiger charge is -2.35. The third kappa shape index (κ3) is 8.22. The van der Waals surface area contributed by atoms with Gasteiger partial charge in [0.25, 0.3) is 5.91 Å². The highest BCUT2D eigenvalue weighted by atomic mass is 16.3. The van der Waals surface area contributed by atoms with Crippen LogP contribution in [0.2, 0.25) is 0 Å². The van der Waals surface area contributed by atoms with Crippen LogP contribution in [0.15, 0.2) is 30.3 Å². The van der Waals surface area contributed by atoms with Gasteiger partial charge in [0.15, 0.2) is 0 Å². The second kappa shape index (κ2) is 13.8. The number of ketones is 1. The number of rotatable bonds is 1. The summed E-state index contributed by atoms with van der Waals surface area (Å²) in [6, 6.07) is 6.23. The number of benzene rings is 1. The number of Topliss-reactive ketones (excluding diaryl/α,β-unsaturated/α-hetero) is 1. The second-order valence-corrected chi connectivity index (χ2v) is 11.3. The molecule has 3 rings (SSSR count). The first-order chi connectivity index (χ1) is 18.5. The largest absolute Gasteiger partial charge is 0.392 e. The topological polar surface area (TPSA) is 128 Å². The lowest BCUT2D eigenvalue weighted by atomic mass is 9.84. The fourth-order valence-corrected chi connectivity index (χ4v) is 5.06. The number of hydrogen-bond donors (Lipinski definition) is 4. The lowest BCUT2D eigenvalue weighted by molar-refractivity contribution is -0.144. The summed E-state index contributed by atoms with van der Waals surface area (Å²) in [5.74, 6) is -2.43.